The average Bonchev–Trinajstić information content (AvgIpc) is 2.98. The summed E-state index contributed by atoms with van der Waals surface area (Å²) in [5, 5.41) is 13.6. The molecule has 0 amide bonds. The molecule has 7 nitrogen and oxygen atoms in total. The van der Waals surface area contributed by atoms with Gasteiger partial charge in [-0.1, -0.05) is 5.16 Å². The number of esters is 1. The van der Waals surface area contributed by atoms with E-state index >= 15 is 4.39 Å². The second-order valence-electron chi connectivity index (χ2n) is 6.15. The molecule has 2 aromatic rings. The lowest BCUT2D eigenvalue weighted by Crippen LogP contribution is -2.46. The molecule has 1 N–H and O–H groups in total. The van der Waals surface area contributed by atoms with Crippen molar-refractivity contribution in [2.75, 3.05) is 24.6 Å². The van der Waals surface area contributed by atoms with Crippen LogP contribution >= 0.6 is 0 Å². The zero-order valence-electron chi connectivity index (χ0n) is 14.4. The lowest BCUT2D eigenvalue weighted by Gasteiger charge is -2.37. The fourth-order valence-corrected chi connectivity index (χ4v) is 3.25. The van der Waals surface area contributed by atoms with Gasteiger partial charge in [-0.2, -0.15) is 0 Å². The Hall–Kier alpha value is -2.19. The molecule has 1 aliphatic heterocycles. The molecule has 2 heterocycles. The van der Waals surface area contributed by atoms with Crippen molar-refractivity contribution in [1.82, 2.24) is 5.16 Å². The van der Waals surface area contributed by atoms with Crippen molar-refractivity contribution in [2.45, 2.75) is 39.6 Å². The van der Waals surface area contributed by atoms with Crippen LogP contribution in [0.25, 0.3) is 11.0 Å². The number of aliphatic hydroxyl groups excluding tert-OH is 1. The smallest absolute Gasteiger partial charge is 0.361 e. The summed E-state index contributed by atoms with van der Waals surface area (Å²) in [6.45, 7) is 6.24. The molecule has 1 aliphatic rings. The summed E-state index contributed by atoms with van der Waals surface area (Å²) in [6.07, 6.45) is -0.148. The highest BCUT2D eigenvalue weighted by Gasteiger charge is 2.30. The van der Waals surface area contributed by atoms with Crippen LogP contribution in [0.4, 0.5) is 10.1 Å². The molecule has 1 aromatic carbocycles. The molecular formula is C17H21FN2O5. The number of benzene rings is 1. The predicted octanol–water partition coefficient (Wildman–Crippen LogP) is 2.25. The van der Waals surface area contributed by atoms with E-state index in [1.54, 1.807) is 6.92 Å². The fourth-order valence-electron chi connectivity index (χ4n) is 3.25. The SMILES string of the molecule is CCOC(=O)c1noc2c(F)c(N3C[C@@H](C)O[C@@H](C)C3)c(CO)cc12. The Morgan fingerprint density at radius 3 is 2.72 bits per heavy atom. The molecule has 0 aliphatic carbocycles. The van der Waals surface area contributed by atoms with E-state index < -0.39 is 11.8 Å². The van der Waals surface area contributed by atoms with Gasteiger partial charge in [0.1, 0.15) is 0 Å². The summed E-state index contributed by atoms with van der Waals surface area (Å²) >= 11 is 0. The van der Waals surface area contributed by atoms with Gasteiger partial charge in [0.15, 0.2) is 11.5 Å². The molecule has 136 valence electrons. The van der Waals surface area contributed by atoms with Gasteiger partial charge < -0.3 is 24.0 Å². The first-order valence-electron chi connectivity index (χ1n) is 8.25. The van der Waals surface area contributed by atoms with Crippen LogP contribution in [0.15, 0.2) is 10.6 Å². The highest BCUT2D eigenvalue weighted by Crippen LogP contribution is 2.35. The number of anilines is 1. The number of hydrogen-bond acceptors (Lipinski definition) is 7. The molecule has 0 radical (unpaired) electrons. The highest BCUT2D eigenvalue weighted by molar-refractivity contribution is 6.02. The van der Waals surface area contributed by atoms with Gasteiger partial charge in [-0.25, -0.2) is 9.18 Å². The number of hydrogen-bond donors (Lipinski definition) is 1. The van der Waals surface area contributed by atoms with Crippen molar-refractivity contribution >= 4 is 22.6 Å². The van der Waals surface area contributed by atoms with Gasteiger partial charge in [0, 0.05) is 18.7 Å². The van der Waals surface area contributed by atoms with Crippen molar-refractivity contribution in [3.63, 3.8) is 0 Å². The Morgan fingerprint density at radius 1 is 1.44 bits per heavy atom. The monoisotopic (exact) mass is 352 g/mol. The first-order valence-corrected chi connectivity index (χ1v) is 8.25. The standard InChI is InChI=1S/C17H21FN2O5/c1-4-23-17(22)14-12-5-11(8-21)15(13(18)16(12)25-19-14)20-6-9(2)24-10(3)7-20/h5,9-10,21H,4,6-8H2,1-3H3/t9-,10+. The van der Waals surface area contributed by atoms with Crippen LogP contribution in [-0.2, 0) is 16.1 Å². The summed E-state index contributed by atoms with van der Waals surface area (Å²) in [5.74, 6) is -1.34. The second kappa shape index (κ2) is 6.97. The summed E-state index contributed by atoms with van der Waals surface area (Å²) < 4.78 is 30.8. The van der Waals surface area contributed by atoms with Gasteiger partial charge in [-0.15, -0.1) is 0 Å². The van der Waals surface area contributed by atoms with E-state index in [9.17, 15) is 9.90 Å². The van der Waals surface area contributed by atoms with E-state index in [-0.39, 0.29) is 47.8 Å². The first-order chi connectivity index (χ1) is 12.0. The van der Waals surface area contributed by atoms with Crippen LogP contribution in [0, 0.1) is 5.82 Å². The molecule has 0 spiro atoms. The topological polar surface area (TPSA) is 85.0 Å². The number of aromatic nitrogens is 1. The minimum absolute atomic E-state index is 0.0739. The summed E-state index contributed by atoms with van der Waals surface area (Å²) in [7, 11) is 0. The Labute approximate surface area is 144 Å². The first kappa shape index (κ1) is 17.6. The third kappa shape index (κ3) is 3.19. The summed E-state index contributed by atoms with van der Waals surface area (Å²) in [6, 6.07) is 1.53. The number of carbonyl (C=O) groups is 1. The quantitative estimate of drug-likeness (QED) is 0.845. The lowest BCUT2D eigenvalue weighted by molar-refractivity contribution is -0.00550. The average molecular weight is 352 g/mol. The molecule has 1 fully saturated rings. The Bertz CT molecular complexity index is 781. The van der Waals surface area contributed by atoms with Crippen LogP contribution in [0.3, 0.4) is 0 Å². The molecule has 0 unspecified atom stereocenters. The molecule has 0 bridgehead atoms. The van der Waals surface area contributed by atoms with Gasteiger partial charge in [0.25, 0.3) is 0 Å². The third-order valence-corrected chi connectivity index (χ3v) is 4.13. The minimum Gasteiger partial charge on any atom is -0.461 e. The number of carbonyl (C=O) groups excluding carboxylic acids is 1. The van der Waals surface area contributed by atoms with E-state index in [0.29, 0.717) is 18.7 Å². The maximum Gasteiger partial charge on any atom is 0.361 e. The number of halogens is 1. The van der Waals surface area contributed by atoms with Crippen LogP contribution in [-0.4, -0.2) is 48.1 Å². The van der Waals surface area contributed by atoms with E-state index in [2.05, 4.69) is 5.16 Å². The largest absolute Gasteiger partial charge is 0.461 e. The van der Waals surface area contributed by atoms with Crippen molar-refractivity contribution in [3.8, 4) is 0 Å². The van der Waals surface area contributed by atoms with E-state index in [1.807, 2.05) is 18.7 Å². The maximum absolute atomic E-state index is 15.1. The van der Waals surface area contributed by atoms with E-state index in [4.69, 9.17) is 14.0 Å². The zero-order valence-corrected chi connectivity index (χ0v) is 14.4. The highest BCUT2D eigenvalue weighted by atomic mass is 19.1. The normalized spacial score (nSPS) is 20.9. The number of aliphatic hydroxyl groups is 1. The van der Waals surface area contributed by atoms with Crippen molar-refractivity contribution in [3.05, 3.63) is 23.1 Å². The number of nitrogens with zero attached hydrogens (tertiary/aromatic N) is 2. The van der Waals surface area contributed by atoms with Crippen LogP contribution in [0.2, 0.25) is 0 Å². The molecular weight excluding hydrogens is 331 g/mol. The number of morpholine rings is 1. The molecule has 25 heavy (non-hydrogen) atoms. The summed E-state index contributed by atoms with van der Waals surface area (Å²) in [5.41, 5.74) is 0.395. The van der Waals surface area contributed by atoms with Crippen LogP contribution in [0.5, 0.6) is 0 Å². The van der Waals surface area contributed by atoms with E-state index in [1.165, 1.54) is 6.07 Å². The maximum atomic E-state index is 15.1. The second-order valence-corrected chi connectivity index (χ2v) is 6.15. The zero-order chi connectivity index (χ0) is 18.1. The number of ether oxygens (including phenoxy) is 2. The van der Waals surface area contributed by atoms with Gasteiger partial charge in [0.05, 0.1) is 36.5 Å². The predicted molar refractivity (Wildman–Crippen MR) is 88.1 cm³/mol. The lowest BCUT2D eigenvalue weighted by atomic mass is 10.1. The van der Waals surface area contributed by atoms with Crippen molar-refractivity contribution < 1.29 is 28.3 Å². The molecule has 1 saturated heterocycles. The van der Waals surface area contributed by atoms with Crippen LogP contribution in [0.1, 0.15) is 36.8 Å². The Morgan fingerprint density at radius 2 is 2.12 bits per heavy atom. The van der Waals surface area contributed by atoms with Crippen LogP contribution < -0.4 is 4.90 Å². The number of rotatable bonds is 4. The Kier molecular flexibility index (Phi) is 4.91. The minimum atomic E-state index is -0.689. The fraction of sp³-hybridized carbons (Fsp3) is 0.529. The molecule has 0 saturated carbocycles. The third-order valence-electron chi connectivity index (χ3n) is 4.13. The van der Waals surface area contributed by atoms with Gasteiger partial charge in [0.2, 0.25) is 5.58 Å². The molecule has 2 atom stereocenters. The van der Waals surface area contributed by atoms with Gasteiger partial charge in [-0.3, -0.25) is 0 Å². The van der Waals surface area contributed by atoms with Gasteiger partial charge >= 0.3 is 5.97 Å². The molecule has 8 heteroatoms. The van der Waals surface area contributed by atoms with Crippen molar-refractivity contribution in [2.24, 2.45) is 0 Å². The van der Waals surface area contributed by atoms with E-state index in [0.717, 1.165) is 0 Å². The summed E-state index contributed by atoms with van der Waals surface area (Å²) in [4.78, 5) is 13.8. The Balaban J connectivity index is 2.11. The molecule has 3 rings (SSSR count). The van der Waals surface area contributed by atoms with Crippen molar-refractivity contribution in [1.29, 1.82) is 0 Å². The molecule has 1 aromatic heterocycles. The van der Waals surface area contributed by atoms with Gasteiger partial charge in [-0.05, 0) is 26.8 Å². The number of fused-ring (bicyclic) bond motifs is 1.